The fourth-order valence-electron chi connectivity index (χ4n) is 1.66. The van der Waals surface area contributed by atoms with Crippen molar-refractivity contribution in [3.63, 3.8) is 0 Å². The van der Waals surface area contributed by atoms with Gasteiger partial charge in [-0.3, -0.25) is 0 Å². The predicted molar refractivity (Wildman–Crippen MR) is 62.6 cm³/mol. The maximum Gasteiger partial charge on any atom is 0.0549 e. The minimum Gasteiger partial charge on any atom is -0.382 e. The first-order valence-electron chi connectivity index (χ1n) is 5.69. The largest absolute Gasteiger partial charge is 0.382 e. The van der Waals surface area contributed by atoms with E-state index < -0.39 is 0 Å². The molecule has 0 radical (unpaired) electrons. The molecule has 0 aromatic rings. The van der Waals surface area contributed by atoms with Gasteiger partial charge in [-0.1, -0.05) is 27.7 Å². The molecule has 0 saturated heterocycles. The molecule has 14 heavy (non-hydrogen) atoms. The van der Waals surface area contributed by atoms with Gasteiger partial charge in [-0.05, 0) is 31.2 Å². The summed E-state index contributed by atoms with van der Waals surface area (Å²) in [6, 6.07) is 0. The number of nitrogens with one attached hydrogen (secondary N) is 1. The maximum atomic E-state index is 5.35. The van der Waals surface area contributed by atoms with Gasteiger partial charge in [0.2, 0.25) is 0 Å². The third kappa shape index (κ3) is 4.43. The Balaban J connectivity index is 4.23. The van der Waals surface area contributed by atoms with Gasteiger partial charge in [0.1, 0.15) is 0 Å². The number of methoxy groups -OCH3 is 1. The van der Waals surface area contributed by atoms with Crippen molar-refractivity contribution < 1.29 is 4.74 Å². The second-order valence-electron chi connectivity index (χ2n) is 4.84. The van der Waals surface area contributed by atoms with Gasteiger partial charge >= 0.3 is 0 Å². The van der Waals surface area contributed by atoms with Gasteiger partial charge in [-0.25, -0.2) is 0 Å². The van der Waals surface area contributed by atoms with Crippen LogP contribution in [0.5, 0.6) is 0 Å². The summed E-state index contributed by atoms with van der Waals surface area (Å²) in [5, 5.41) is 3.44. The first-order chi connectivity index (χ1) is 6.46. The van der Waals surface area contributed by atoms with Crippen LogP contribution in [0, 0.1) is 11.3 Å². The van der Waals surface area contributed by atoms with Crippen molar-refractivity contribution in [3.05, 3.63) is 0 Å². The fourth-order valence-corrected chi connectivity index (χ4v) is 1.66. The summed E-state index contributed by atoms with van der Waals surface area (Å²) in [6.07, 6.45) is 1.47. The van der Waals surface area contributed by atoms with Gasteiger partial charge in [0.25, 0.3) is 0 Å². The first kappa shape index (κ1) is 13.9. The Hall–Kier alpha value is -0.0800. The molecule has 2 nitrogen and oxygen atoms in total. The van der Waals surface area contributed by atoms with E-state index in [-0.39, 0.29) is 0 Å². The Kier molecular flexibility index (Phi) is 6.38. The lowest BCUT2D eigenvalue weighted by Crippen LogP contribution is -2.38. The summed E-state index contributed by atoms with van der Waals surface area (Å²) in [4.78, 5) is 0. The van der Waals surface area contributed by atoms with Crippen LogP contribution in [-0.2, 0) is 4.74 Å². The average Bonchev–Trinajstić information content (AvgIpc) is 2.14. The van der Waals surface area contributed by atoms with Crippen molar-refractivity contribution in [2.45, 2.75) is 47.1 Å². The van der Waals surface area contributed by atoms with Gasteiger partial charge in [-0.2, -0.15) is 0 Å². The molecular weight excluding hydrogens is 174 g/mol. The van der Waals surface area contributed by atoms with Crippen LogP contribution >= 0.6 is 0 Å². The maximum absolute atomic E-state index is 5.35. The van der Waals surface area contributed by atoms with Crippen LogP contribution in [-0.4, -0.2) is 26.3 Å². The normalized spacial score (nSPS) is 18.2. The molecule has 0 bridgehead atoms. The van der Waals surface area contributed by atoms with Crippen molar-refractivity contribution in [1.29, 1.82) is 0 Å². The lowest BCUT2D eigenvalue weighted by Gasteiger charge is -2.36. The highest BCUT2D eigenvalue weighted by Gasteiger charge is 2.29. The zero-order valence-electron chi connectivity index (χ0n) is 10.7. The number of hydrogen-bond donors (Lipinski definition) is 1. The average molecular weight is 201 g/mol. The van der Waals surface area contributed by atoms with Crippen molar-refractivity contribution in [2.75, 3.05) is 20.2 Å². The molecule has 2 atom stereocenters. The van der Waals surface area contributed by atoms with Gasteiger partial charge in [0.15, 0.2) is 0 Å². The highest BCUT2D eigenvalue weighted by atomic mass is 16.5. The van der Waals surface area contributed by atoms with E-state index in [4.69, 9.17) is 4.74 Å². The van der Waals surface area contributed by atoms with E-state index in [9.17, 15) is 0 Å². The highest BCUT2D eigenvalue weighted by molar-refractivity contribution is 4.82. The molecule has 0 aliphatic rings. The standard InChI is InChI=1S/C12H27NO/c1-7-13-9-12(5,10(2)3)8-11(4)14-6/h10-11,13H,7-9H2,1-6H3. The van der Waals surface area contributed by atoms with Gasteiger partial charge < -0.3 is 10.1 Å². The van der Waals surface area contributed by atoms with Gasteiger partial charge in [0, 0.05) is 13.7 Å². The van der Waals surface area contributed by atoms with Crippen LogP contribution < -0.4 is 5.32 Å². The smallest absolute Gasteiger partial charge is 0.0549 e. The van der Waals surface area contributed by atoms with E-state index in [2.05, 4.69) is 39.9 Å². The number of rotatable bonds is 7. The van der Waals surface area contributed by atoms with Crippen molar-refractivity contribution in [3.8, 4) is 0 Å². The molecule has 0 aliphatic heterocycles. The lowest BCUT2D eigenvalue weighted by atomic mass is 9.75. The molecule has 1 N–H and O–H groups in total. The second-order valence-corrected chi connectivity index (χ2v) is 4.84. The Morgan fingerprint density at radius 3 is 2.21 bits per heavy atom. The topological polar surface area (TPSA) is 21.3 Å². The molecule has 2 unspecified atom stereocenters. The first-order valence-corrected chi connectivity index (χ1v) is 5.69. The van der Waals surface area contributed by atoms with Crippen LogP contribution in [0.15, 0.2) is 0 Å². The highest BCUT2D eigenvalue weighted by Crippen LogP contribution is 2.32. The SMILES string of the molecule is CCNCC(C)(CC(C)OC)C(C)C. The van der Waals surface area contributed by atoms with E-state index in [1.54, 1.807) is 7.11 Å². The minimum absolute atomic E-state index is 0.339. The summed E-state index contributed by atoms with van der Waals surface area (Å²) < 4.78 is 5.35. The molecule has 0 aliphatic carbocycles. The summed E-state index contributed by atoms with van der Waals surface area (Å²) in [6.45, 7) is 13.3. The van der Waals surface area contributed by atoms with Crippen LogP contribution in [0.4, 0.5) is 0 Å². The molecule has 0 fully saturated rings. The van der Waals surface area contributed by atoms with E-state index in [0.29, 0.717) is 17.4 Å². The minimum atomic E-state index is 0.339. The number of ether oxygens (including phenoxy) is 1. The zero-order valence-corrected chi connectivity index (χ0v) is 10.7. The van der Waals surface area contributed by atoms with Crippen LogP contribution in [0.2, 0.25) is 0 Å². The summed E-state index contributed by atoms with van der Waals surface area (Å²) in [7, 11) is 1.79. The summed E-state index contributed by atoms with van der Waals surface area (Å²) in [5.74, 6) is 0.680. The van der Waals surface area contributed by atoms with E-state index in [0.717, 1.165) is 19.5 Å². The number of hydrogen-bond acceptors (Lipinski definition) is 2. The van der Waals surface area contributed by atoms with E-state index in [1.807, 2.05) is 0 Å². The Morgan fingerprint density at radius 1 is 1.29 bits per heavy atom. The Morgan fingerprint density at radius 2 is 1.86 bits per heavy atom. The lowest BCUT2D eigenvalue weighted by molar-refractivity contribution is 0.0507. The predicted octanol–water partition coefficient (Wildman–Crippen LogP) is 2.68. The molecule has 0 rings (SSSR count). The monoisotopic (exact) mass is 201 g/mol. The molecule has 0 spiro atoms. The molecule has 0 aromatic carbocycles. The third-order valence-corrected chi connectivity index (χ3v) is 3.33. The van der Waals surface area contributed by atoms with E-state index in [1.165, 1.54) is 0 Å². The quantitative estimate of drug-likeness (QED) is 0.684. The third-order valence-electron chi connectivity index (χ3n) is 3.33. The molecule has 0 saturated carbocycles. The van der Waals surface area contributed by atoms with Crippen LogP contribution in [0.3, 0.4) is 0 Å². The summed E-state index contributed by atoms with van der Waals surface area (Å²) >= 11 is 0. The zero-order chi connectivity index (χ0) is 11.2. The second kappa shape index (κ2) is 6.41. The molecular formula is C12H27NO. The van der Waals surface area contributed by atoms with E-state index >= 15 is 0 Å². The molecule has 2 heteroatoms. The van der Waals surface area contributed by atoms with Crippen molar-refractivity contribution in [1.82, 2.24) is 5.32 Å². The Bertz CT molecular complexity index is 147. The summed E-state index contributed by atoms with van der Waals surface area (Å²) in [5.41, 5.74) is 0.339. The van der Waals surface area contributed by atoms with Gasteiger partial charge in [0.05, 0.1) is 6.10 Å². The Labute approximate surface area is 89.4 Å². The van der Waals surface area contributed by atoms with Gasteiger partial charge in [-0.15, -0.1) is 0 Å². The fraction of sp³-hybridized carbons (Fsp3) is 1.00. The van der Waals surface area contributed by atoms with Crippen LogP contribution in [0.25, 0.3) is 0 Å². The molecule has 86 valence electrons. The molecule has 0 heterocycles. The molecule has 0 amide bonds. The van der Waals surface area contributed by atoms with Crippen molar-refractivity contribution in [2.24, 2.45) is 11.3 Å². The molecule has 0 aromatic heterocycles. The van der Waals surface area contributed by atoms with Crippen LogP contribution in [0.1, 0.15) is 41.0 Å². The van der Waals surface area contributed by atoms with Crippen molar-refractivity contribution >= 4 is 0 Å².